The second-order valence-corrected chi connectivity index (χ2v) is 26.0. The van der Waals surface area contributed by atoms with E-state index in [1.165, 1.54) is 38.5 Å². The third-order valence-electron chi connectivity index (χ3n) is 14.2. The number of hydrogen-bond donors (Lipinski definition) is 3. The first-order valence-corrected chi connectivity index (χ1v) is 38.1. The second kappa shape index (κ2) is 65.4. The van der Waals surface area contributed by atoms with E-state index in [1.54, 1.807) is 6.08 Å². The Bertz CT molecular complexity index is 2180. The fourth-order valence-electron chi connectivity index (χ4n) is 8.90. The molecule has 19 heteroatoms. The lowest BCUT2D eigenvalue weighted by Gasteiger charge is -2.21. The van der Waals surface area contributed by atoms with Crippen LogP contribution in [0.5, 0.6) is 0 Å². The number of rotatable bonds is 65. The van der Waals surface area contributed by atoms with Crippen LogP contribution in [0.15, 0.2) is 109 Å². The molecule has 528 valence electrons. The van der Waals surface area contributed by atoms with Crippen LogP contribution >= 0.6 is 15.6 Å². The number of carbonyl (C=O) groups excluding carboxylic acids is 4. The highest BCUT2D eigenvalue weighted by molar-refractivity contribution is 7.47. The van der Waals surface area contributed by atoms with E-state index in [1.807, 2.05) is 18.2 Å². The fourth-order valence-corrected chi connectivity index (χ4v) is 10.5. The number of allylic oxidation sites excluding steroid dienone is 17. The highest BCUT2D eigenvalue weighted by atomic mass is 31.2. The molecule has 3 N–H and O–H groups in total. The van der Waals surface area contributed by atoms with Crippen molar-refractivity contribution in [2.45, 2.75) is 290 Å². The van der Waals surface area contributed by atoms with E-state index < -0.39 is 97.5 Å². The Morgan fingerprint density at radius 2 is 0.630 bits per heavy atom. The van der Waals surface area contributed by atoms with Crippen LogP contribution < -0.4 is 0 Å². The van der Waals surface area contributed by atoms with Gasteiger partial charge in [-0.15, -0.1) is 0 Å². The van der Waals surface area contributed by atoms with Crippen LogP contribution in [0.2, 0.25) is 0 Å². The van der Waals surface area contributed by atoms with Crippen LogP contribution in [0.1, 0.15) is 272 Å². The van der Waals surface area contributed by atoms with Gasteiger partial charge in [0.05, 0.1) is 32.8 Å². The Labute approximate surface area is 556 Å². The first-order valence-electron chi connectivity index (χ1n) is 35.1. The Morgan fingerprint density at radius 1 is 0.326 bits per heavy atom. The summed E-state index contributed by atoms with van der Waals surface area (Å²) in [5, 5.41) is 10.6. The number of phosphoric ester groups is 2. The quantitative estimate of drug-likeness (QED) is 0.0169. The van der Waals surface area contributed by atoms with E-state index in [2.05, 4.69) is 113 Å². The summed E-state index contributed by atoms with van der Waals surface area (Å²) >= 11 is 0. The smallest absolute Gasteiger partial charge is 0.462 e. The molecular weight excluding hydrogens is 1210 g/mol. The molecule has 0 saturated carbocycles. The van der Waals surface area contributed by atoms with Gasteiger partial charge in [0.15, 0.2) is 12.2 Å². The number of aliphatic hydroxyl groups excluding tert-OH is 1. The van der Waals surface area contributed by atoms with Gasteiger partial charge in [-0.2, -0.15) is 0 Å². The maximum atomic E-state index is 13.0. The minimum atomic E-state index is -4.99. The van der Waals surface area contributed by atoms with Crippen LogP contribution in [0.4, 0.5) is 0 Å². The molecule has 0 rings (SSSR count). The monoisotopic (exact) mass is 1330 g/mol. The molecule has 0 aliphatic carbocycles. The zero-order valence-electron chi connectivity index (χ0n) is 57.2. The lowest BCUT2D eigenvalue weighted by molar-refractivity contribution is -0.161. The van der Waals surface area contributed by atoms with Crippen molar-refractivity contribution in [3.63, 3.8) is 0 Å². The van der Waals surface area contributed by atoms with Gasteiger partial charge in [-0.1, -0.05) is 253 Å². The molecule has 0 aromatic carbocycles. The van der Waals surface area contributed by atoms with Gasteiger partial charge in [0.2, 0.25) is 0 Å². The molecular formula is C73H124O17P2. The number of carbonyl (C=O) groups is 4. The molecule has 0 fully saturated rings. The summed E-state index contributed by atoms with van der Waals surface area (Å²) in [7, 11) is -9.96. The van der Waals surface area contributed by atoms with Crippen molar-refractivity contribution in [1.29, 1.82) is 0 Å². The number of hydrogen-bond acceptors (Lipinski definition) is 15. The standard InChI is InChI=1S/C73H124O17P2/c1-5-9-13-17-21-25-29-32-33-36-39-42-46-50-54-58-71(76)84-63-68(89-72(77)59-55-51-47-43-37-28-24-20-16-12-8-4)65-87-91(79,80)85-61-67(74)62-86-92(81,82)88-66-69(90-73(78)60-56-52-48-44-40-35-31-27-23-19-15-11-7-3)64-83-70(75)57-53-49-45-41-38-34-30-26-22-18-14-10-6-2/h9,13-15,18-19,21,25-27,30-33,39,42,50,54,67-69,74H,5-8,10-12,16-17,20,22-24,28-29,34-38,40-41,43-49,51-53,55-66H2,1-4H3,(H,79,80)(H,81,82)/b13-9-,18-14-,19-15-,25-21-,30-26-,31-27-,33-32-,42-39-,54-50-. The van der Waals surface area contributed by atoms with Gasteiger partial charge in [0, 0.05) is 19.3 Å². The molecule has 0 aromatic rings. The number of unbranched alkanes of at least 4 members (excludes halogenated alkanes) is 22. The number of phosphoric acid groups is 2. The maximum Gasteiger partial charge on any atom is 0.472 e. The molecule has 17 nitrogen and oxygen atoms in total. The summed E-state index contributed by atoms with van der Waals surface area (Å²) in [5.41, 5.74) is 0. The number of aliphatic hydroxyl groups is 1. The van der Waals surface area contributed by atoms with Gasteiger partial charge in [0.1, 0.15) is 19.3 Å². The van der Waals surface area contributed by atoms with Gasteiger partial charge in [-0.3, -0.25) is 37.3 Å². The van der Waals surface area contributed by atoms with Crippen molar-refractivity contribution >= 4 is 39.5 Å². The third kappa shape index (κ3) is 64.4. The van der Waals surface area contributed by atoms with E-state index in [-0.39, 0.29) is 25.7 Å². The van der Waals surface area contributed by atoms with E-state index in [9.17, 15) is 43.2 Å². The van der Waals surface area contributed by atoms with E-state index in [0.29, 0.717) is 25.7 Å². The first kappa shape index (κ1) is 87.7. The molecule has 0 aromatic heterocycles. The molecule has 92 heavy (non-hydrogen) atoms. The van der Waals surface area contributed by atoms with Gasteiger partial charge in [0.25, 0.3) is 0 Å². The molecule has 0 saturated heterocycles. The van der Waals surface area contributed by atoms with Crippen molar-refractivity contribution in [2.75, 3.05) is 39.6 Å². The molecule has 0 aliphatic heterocycles. The lowest BCUT2D eigenvalue weighted by atomic mass is 10.1. The third-order valence-corrected chi connectivity index (χ3v) is 16.1. The van der Waals surface area contributed by atoms with Gasteiger partial charge in [-0.25, -0.2) is 9.13 Å². The molecule has 0 heterocycles. The molecule has 5 unspecified atom stereocenters. The van der Waals surface area contributed by atoms with Crippen molar-refractivity contribution in [3.05, 3.63) is 109 Å². The molecule has 0 aliphatic rings. The zero-order chi connectivity index (χ0) is 67.5. The van der Waals surface area contributed by atoms with E-state index in [4.69, 9.17) is 37.0 Å². The SMILES string of the molecule is CC/C=C\C/C=C\C/C=C\C/C=C\C/C=C\CC(=O)OCC(COP(=O)(O)OCC(O)COP(=O)(O)OCC(COC(=O)CCCCCCC/C=C\C/C=C\CCC)OC(=O)CCCCCCC/C=C\C/C=C\CCC)OC(=O)CCCCCCCCCCCCC. The number of esters is 4. The Hall–Kier alpha value is -4.28. The fraction of sp³-hybridized carbons (Fsp3) is 0.699. The summed E-state index contributed by atoms with van der Waals surface area (Å²) in [5.74, 6) is -2.35. The largest absolute Gasteiger partial charge is 0.472 e. The average Bonchev–Trinajstić information content (AvgIpc) is 2.24. The van der Waals surface area contributed by atoms with Crippen LogP contribution in [-0.2, 0) is 65.4 Å². The summed E-state index contributed by atoms with van der Waals surface area (Å²) in [4.78, 5) is 72.5. The predicted octanol–water partition coefficient (Wildman–Crippen LogP) is 19.4. The highest BCUT2D eigenvalue weighted by Crippen LogP contribution is 2.45. The van der Waals surface area contributed by atoms with Crippen LogP contribution in [0.3, 0.4) is 0 Å². The highest BCUT2D eigenvalue weighted by Gasteiger charge is 2.30. The summed E-state index contributed by atoms with van der Waals surface area (Å²) in [6, 6.07) is 0. The van der Waals surface area contributed by atoms with Crippen LogP contribution in [0, 0.1) is 0 Å². The first-order chi connectivity index (χ1) is 44.7. The second-order valence-electron chi connectivity index (χ2n) is 23.1. The Morgan fingerprint density at radius 3 is 1.01 bits per heavy atom. The van der Waals surface area contributed by atoms with Crippen molar-refractivity contribution in [3.8, 4) is 0 Å². The van der Waals surface area contributed by atoms with Crippen LogP contribution in [-0.4, -0.2) is 96.7 Å². The number of ether oxygens (including phenoxy) is 4. The minimum absolute atomic E-state index is 0.0703. The Kier molecular flexibility index (Phi) is 62.3. The van der Waals surface area contributed by atoms with Crippen molar-refractivity contribution < 1.29 is 80.2 Å². The molecule has 5 atom stereocenters. The summed E-state index contributed by atoms with van der Waals surface area (Å²) in [6.07, 6.45) is 67.1. The zero-order valence-corrected chi connectivity index (χ0v) is 59.0. The molecule has 0 radical (unpaired) electrons. The van der Waals surface area contributed by atoms with Crippen LogP contribution in [0.25, 0.3) is 0 Å². The normalized spacial score (nSPS) is 14.7. The van der Waals surface area contributed by atoms with Gasteiger partial charge in [-0.05, 0) is 103 Å². The van der Waals surface area contributed by atoms with Gasteiger partial charge < -0.3 is 33.8 Å². The molecule has 0 spiro atoms. The van der Waals surface area contributed by atoms with E-state index >= 15 is 0 Å². The Balaban J connectivity index is 5.40. The molecule has 0 bridgehead atoms. The predicted molar refractivity (Wildman–Crippen MR) is 372 cm³/mol. The molecule has 0 amide bonds. The maximum absolute atomic E-state index is 13.0. The minimum Gasteiger partial charge on any atom is -0.462 e. The van der Waals surface area contributed by atoms with Crippen molar-refractivity contribution in [2.24, 2.45) is 0 Å². The van der Waals surface area contributed by atoms with Gasteiger partial charge >= 0.3 is 39.5 Å². The average molecular weight is 1340 g/mol. The summed E-state index contributed by atoms with van der Waals surface area (Å²) in [6.45, 7) is 4.45. The lowest BCUT2D eigenvalue weighted by Crippen LogP contribution is -2.30. The topological polar surface area (TPSA) is 237 Å². The van der Waals surface area contributed by atoms with E-state index in [0.717, 1.165) is 154 Å². The van der Waals surface area contributed by atoms with Crippen molar-refractivity contribution in [1.82, 2.24) is 0 Å². The summed E-state index contributed by atoms with van der Waals surface area (Å²) < 4.78 is 68.0.